The maximum absolute atomic E-state index is 12.2. The van der Waals surface area contributed by atoms with E-state index in [9.17, 15) is 14.9 Å². The molecule has 0 bridgehead atoms. The summed E-state index contributed by atoms with van der Waals surface area (Å²) in [6, 6.07) is 6.24. The van der Waals surface area contributed by atoms with Crippen LogP contribution in [-0.4, -0.2) is 37.5 Å². The second-order valence-electron chi connectivity index (χ2n) is 5.72. The molecule has 0 spiro atoms. The summed E-state index contributed by atoms with van der Waals surface area (Å²) in [5.41, 5.74) is 1.22. The zero-order chi connectivity index (χ0) is 20.6. The highest BCUT2D eigenvalue weighted by Gasteiger charge is 2.13. The van der Waals surface area contributed by atoms with E-state index in [0.29, 0.717) is 16.4 Å². The zero-order valence-corrected chi connectivity index (χ0v) is 18.6. The number of carbonyl (C=O) groups excluding carboxylic acids is 1. The summed E-state index contributed by atoms with van der Waals surface area (Å²) in [5.74, 6) is 1.04. The summed E-state index contributed by atoms with van der Waals surface area (Å²) in [4.78, 5) is 27.0. The lowest BCUT2D eigenvalue weighted by atomic mass is 10.1. The van der Waals surface area contributed by atoms with Crippen LogP contribution in [-0.2, 0) is 4.79 Å². The van der Waals surface area contributed by atoms with Crippen LogP contribution in [0.2, 0.25) is 0 Å². The highest BCUT2D eigenvalue weighted by Crippen LogP contribution is 2.30. The first-order valence-electron chi connectivity index (χ1n) is 8.64. The molecule has 152 valence electrons. The van der Waals surface area contributed by atoms with E-state index in [4.69, 9.17) is 0 Å². The van der Waals surface area contributed by atoms with E-state index < -0.39 is 4.92 Å². The molecule has 0 aliphatic heterocycles. The Hall–Kier alpha value is -2.02. The van der Waals surface area contributed by atoms with Gasteiger partial charge in [0.05, 0.1) is 16.4 Å². The number of nitrogens with zero attached hydrogens (tertiary/aromatic N) is 4. The summed E-state index contributed by atoms with van der Waals surface area (Å²) in [6.45, 7) is 2.15. The quantitative estimate of drug-likeness (QED) is 0.188. The number of rotatable bonds is 10. The third kappa shape index (κ3) is 6.49. The molecular formula is C17H17N5O3S4. The molecule has 2 heterocycles. The Kier molecular flexibility index (Phi) is 7.98. The molecule has 2 aromatic heterocycles. The van der Waals surface area contributed by atoms with E-state index in [0.717, 1.165) is 27.3 Å². The van der Waals surface area contributed by atoms with Gasteiger partial charge >= 0.3 is 0 Å². The van der Waals surface area contributed by atoms with Gasteiger partial charge in [-0.15, -0.1) is 21.5 Å². The first-order valence-corrected chi connectivity index (χ1v) is 12.3. The molecule has 0 fully saturated rings. The number of hydrogen-bond acceptors (Lipinski definition) is 10. The number of amides is 1. The van der Waals surface area contributed by atoms with Gasteiger partial charge in [0.2, 0.25) is 5.91 Å². The fourth-order valence-corrected chi connectivity index (χ4v) is 5.85. The van der Waals surface area contributed by atoms with Crippen molar-refractivity contribution in [1.29, 1.82) is 0 Å². The number of carbonyl (C=O) groups is 1. The lowest BCUT2D eigenvalue weighted by Crippen LogP contribution is -2.13. The second kappa shape index (κ2) is 10.7. The molecule has 0 atom stereocenters. The molecule has 0 radical (unpaired) electrons. The van der Waals surface area contributed by atoms with Crippen molar-refractivity contribution in [2.45, 2.75) is 28.4 Å². The van der Waals surface area contributed by atoms with Crippen LogP contribution in [0.1, 0.15) is 19.8 Å². The third-order valence-corrected chi connectivity index (χ3v) is 7.58. The molecule has 0 saturated carbocycles. The number of benzene rings is 1. The minimum absolute atomic E-state index is 0.00164. The third-order valence-electron chi connectivity index (χ3n) is 3.54. The second-order valence-corrected chi connectivity index (χ2v) is 10.1. The maximum Gasteiger partial charge on any atom is 0.270 e. The fraction of sp³-hybridized carbons (Fsp3) is 0.294. The van der Waals surface area contributed by atoms with Crippen molar-refractivity contribution in [2.24, 2.45) is 0 Å². The summed E-state index contributed by atoms with van der Waals surface area (Å²) in [7, 11) is 0. The smallest absolute Gasteiger partial charge is 0.270 e. The maximum atomic E-state index is 12.2. The van der Waals surface area contributed by atoms with Gasteiger partial charge in [0.15, 0.2) is 13.8 Å². The van der Waals surface area contributed by atoms with Crippen LogP contribution >= 0.6 is 46.2 Å². The lowest BCUT2D eigenvalue weighted by molar-refractivity contribution is -0.384. The molecule has 3 aromatic rings. The molecule has 1 aromatic carbocycles. The Bertz CT molecular complexity index is 991. The van der Waals surface area contributed by atoms with E-state index in [2.05, 4.69) is 27.4 Å². The number of hydrogen-bond donors (Lipinski definition) is 1. The van der Waals surface area contributed by atoms with Crippen molar-refractivity contribution < 1.29 is 9.72 Å². The Balaban J connectivity index is 1.51. The monoisotopic (exact) mass is 467 g/mol. The van der Waals surface area contributed by atoms with Gasteiger partial charge in [-0.3, -0.25) is 14.9 Å². The SMILES string of the molecule is CCCCSc1nnc(SCC(=O)Nc2nc(-c3cccc([N+](=O)[O-])c3)cs2)s1. The van der Waals surface area contributed by atoms with Gasteiger partial charge in [-0.05, 0) is 6.42 Å². The van der Waals surface area contributed by atoms with Crippen LogP contribution in [0.4, 0.5) is 10.8 Å². The van der Waals surface area contributed by atoms with Gasteiger partial charge in [0.1, 0.15) is 0 Å². The van der Waals surface area contributed by atoms with E-state index in [1.165, 1.54) is 46.6 Å². The molecule has 0 unspecified atom stereocenters. The standard InChI is InChI=1S/C17H17N5O3S4/c1-2-3-7-26-16-20-21-17(29-16)28-10-14(23)19-15-18-13(9-27-15)11-5-4-6-12(8-11)22(24)25/h4-6,8-9H,2-3,7,10H2,1H3,(H,18,19,23). The van der Waals surface area contributed by atoms with Crippen molar-refractivity contribution in [1.82, 2.24) is 15.2 Å². The molecular weight excluding hydrogens is 450 g/mol. The van der Waals surface area contributed by atoms with E-state index in [1.54, 1.807) is 29.3 Å². The molecule has 12 heteroatoms. The molecule has 3 rings (SSSR count). The summed E-state index contributed by atoms with van der Waals surface area (Å²) >= 11 is 5.79. The van der Waals surface area contributed by atoms with Crippen molar-refractivity contribution >= 4 is 62.9 Å². The predicted molar refractivity (Wildman–Crippen MR) is 119 cm³/mol. The van der Waals surface area contributed by atoms with Crippen LogP contribution < -0.4 is 5.32 Å². The summed E-state index contributed by atoms with van der Waals surface area (Å²) < 4.78 is 1.68. The molecule has 1 N–H and O–H groups in total. The van der Waals surface area contributed by atoms with Crippen LogP contribution in [0.15, 0.2) is 38.3 Å². The van der Waals surface area contributed by atoms with Gasteiger partial charge in [-0.1, -0.05) is 60.3 Å². The number of thioether (sulfide) groups is 2. The number of nitro benzene ring substituents is 1. The van der Waals surface area contributed by atoms with Gasteiger partial charge in [-0.25, -0.2) is 4.98 Å². The van der Waals surface area contributed by atoms with Crippen molar-refractivity contribution in [3.05, 3.63) is 39.8 Å². The highest BCUT2D eigenvalue weighted by atomic mass is 32.2. The van der Waals surface area contributed by atoms with Gasteiger partial charge in [0.25, 0.3) is 5.69 Å². The Morgan fingerprint density at radius 1 is 1.28 bits per heavy atom. The lowest BCUT2D eigenvalue weighted by Gasteiger charge is -2.00. The Labute approximate surface area is 183 Å². The van der Waals surface area contributed by atoms with Crippen LogP contribution in [0.5, 0.6) is 0 Å². The van der Waals surface area contributed by atoms with Gasteiger partial charge in [-0.2, -0.15) is 0 Å². The predicted octanol–water partition coefficient (Wildman–Crippen LogP) is 5.19. The number of anilines is 1. The molecule has 29 heavy (non-hydrogen) atoms. The highest BCUT2D eigenvalue weighted by molar-refractivity contribution is 8.03. The number of thiazole rings is 1. The fourth-order valence-electron chi connectivity index (χ4n) is 2.14. The number of unbranched alkanes of at least 4 members (excludes halogenated alkanes) is 1. The number of non-ortho nitro benzene ring substituents is 1. The summed E-state index contributed by atoms with van der Waals surface area (Å²) in [6.07, 6.45) is 2.29. The number of aromatic nitrogens is 3. The zero-order valence-electron chi connectivity index (χ0n) is 15.4. The Morgan fingerprint density at radius 3 is 2.83 bits per heavy atom. The average Bonchev–Trinajstić information content (AvgIpc) is 3.36. The first kappa shape index (κ1) is 21.7. The van der Waals surface area contributed by atoms with Crippen LogP contribution in [0.3, 0.4) is 0 Å². The minimum atomic E-state index is -0.447. The summed E-state index contributed by atoms with van der Waals surface area (Å²) in [5, 5.41) is 24.1. The number of nitrogens with one attached hydrogen (secondary N) is 1. The average molecular weight is 468 g/mol. The Morgan fingerprint density at radius 2 is 2.07 bits per heavy atom. The first-order chi connectivity index (χ1) is 14.0. The normalized spacial score (nSPS) is 10.8. The molecule has 0 saturated heterocycles. The van der Waals surface area contributed by atoms with Crippen molar-refractivity contribution in [3.8, 4) is 11.3 Å². The van der Waals surface area contributed by atoms with Crippen LogP contribution in [0, 0.1) is 10.1 Å². The van der Waals surface area contributed by atoms with E-state index >= 15 is 0 Å². The largest absolute Gasteiger partial charge is 0.301 e. The number of nitro groups is 1. The van der Waals surface area contributed by atoms with Crippen LogP contribution in [0.25, 0.3) is 11.3 Å². The van der Waals surface area contributed by atoms with Crippen molar-refractivity contribution in [2.75, 3.05) is 16.8 Å². The molecule has 8 nitrogen and oxygen atoms in total. The van der Waals surface area contributed by atoms with E-state index in [1.807, 2.05) is 0 Å². The minimum Gasteiger partial charge on any atom is -0.301 e. The van der Waals surface area contributed by atoms with Gasteiger partial charge < -0.3 is 5.32 Å². The van der Waals surface area contributed by atoms with Gasteiger partial charge in [0, 0.05) is 28.8 Å². The molecule has 1 amide bonds. The van der Waals surface area contributed by atoms with E-state index in [-0.39, 0.29) is 17.3 Å². The molecule has 0 aliphatic carbocycles. The topological polar surface area (TPSA) is 111 Å². The van der Waals surface area contributed by atoms with Crippen molar-refractivity contribution in [3.63, 3.8) is 0 Å². The molecule has 0 aliphatic rings.